The Morgan fingerprint density at radius 1 is 1.19 bits per heavy atom. The van der Waals surface area contributed by atoms with E-state index in [1.807, 2.05) is 38.1 Å². The summed E-state index contributed by atoms with van der Waals surface area (Å²) >= 11 is 0. The lowest BCUT2D eigenvalue weighted by Crippen LogP contribution is -2.15. The van der Waals surface area contributed by atoms with Gasteiger partial charge in [0.2, 0.25) is 0 Å². The molecule has 0 unspecified atom stereocenters. The van der Waals surface area contributed by atoms with Crippen LogP contribution in [-0.4, -0.2) is 27.8 Å². The molecule has 0 fully saturated rings. The van der Waals surface area contributed by atoms with Crippen molar-refractivity contribution in [3.8, 4) is 11.6 Å². The molecule has 0 aliphatic heterocycles. The number of para-hydroxylation sites is 1. The molecule has 136 valence electrons. The van der Waals surface area contributed by atoms with Gasteiger partial charge in [-0.1, -0.05) is 12.1 Å². The third kappa shape index (κ3) is 3.03. The first kappa shape index (κ1) is 16.8. The minimum absolute atomic E-state index is 0.227. The fourth-order valence-electron chi connectivity index (χ4n) is 3.00. The summed E-state index contributed by atoms with van der Waals surface area (Å²) in [6.45, 7) is 3.86. The van der Waals surface area contributed by atoms with Crippen molar-refractivity contribution in [2.24, 2.45) is 0 Å². The predicted molar refractivity (Wildman–Crippen MR) is 102 cm³/mol. The maximum Gasteiger partial charge on any atom is 0.292 e. The monoisotopic (exact) mass is 362 g/mol. The van der Waals surface area contributed by atoms with Crippen LogP contribution in [0.3, 0.4) is 0 Å². The molecule has 0 bridgehead atoms. The molecule has 0 aliphatic carbocycles. The van der Waals surface area contributed by atoms with Crippen molar-refractivity contribution in [2.45, 2.75) is 13.8 Å². The van der Waals surface area contributed by atoms with E-state index in [0.717, 1.165) is 22.2 Å². The lowest BCUT2D eigenvalue weighted by Gasteiger charge is -2.12. The number of amides is 1. The number of carbonyl (C=O) groups excluding carboxylic acids is 1. The number of pyridine rings is 1. The van der Waals surface area contributed by atoms with E-state index in [0.29, 0.717) is 17.4 Å². The molecule has 1 amide bonds. The number of nitrogens with zero attached hydrogens (tertiary/aromatic N) is 3. The minimum Gasteiger partial charge on any atom is -0.494 e. The second kappa shape index (κ2) is 6.60. The van der Waals surface area contributed by atoms with E-state index in [1.165, 1.54) is 6.26 Å². The summed E-state index contributed by atoms with van der Waals surface area (Å²) < 4.78 is 12.2. The molecule has 1 N–H and O–H groups in total. The van der Waals surface area contributed by atoms with E-state index in [9.17, 15) is 4.79 Å². The summed E-state index contributed by atoms with van der Waals surface area (Å²) in [6, 6.07) is 12.8. The van der Waals surface area contributed by atoms with E-state index in [4.69, 9.17) is 14.1 Å². The summed E-state index contributed by atoms with van der Waals surface area (Å²) in [5.74, 6) is 1.66. The van der Waals surface area contributed by atoms with Crippen molar-refractivity contribution in [1.29, 1.82) is 0 Å². The van der Waals surface area contributed by atoms with Crippen LogP contribution >= 0.6 is 0 Å². The third-order valence-corrected chi connectivity index (χ3v) is 4.25. The SMILES string of the molecule is COc1cccc2c(C)cc(-n3nc(C)cc3NC(=O)c3ccco3)nc12. The van der Waals surface area contributed by atoms with Gasteiger partial charge in [-0.2, -0.15) is 9.78 Å². The Morgan fingerprint density at radius 2 is 2.04 bits per heavy atom. The molecular weight excluding hydrogens is 344 g/mol. The van der Waals surface area contributed by atoms with Crippen LogP contribution < -0.4 is 10.1 Å². The molecule has 1 aromatic carbocycles. The van der Waals surface area contributed by atoms with Crippen molar-refractivity contribution < 1.29 is 13.9 Å². The Balaban J connectivity index is 1.81. The second-order valence-corrected chi connectivity index (χ2v) is 6.17. The molecule has 3 aromatic heterocycles. The summed E-state index contributed by atoms with van der Waals surface area (Å²) in [4.78, 5) is 17.1. The van der Waals surface area contributed by atoms with Crippen molar-refractivity contribution in [3.05, 3.63) is 65.7 Å². The van der Waals surface area contributed by atoms with Gasteiger partial charge in [-0.3, -0.25) is 4.79 Å². The Hall–Kier alpha value is -3.61. The van der Waals surface area contributed by atoms with E-state index in [2.05, 4.69) is 10.4 Å². The van der Waals surface area contributed by atoms with Gasteiger partial charge in [-0.15, -0.1) is 0 Å². The van der Waals surface area contributed by atoms with Crippen LogP contribution in [0.4, 0.5) is 5.82 Å². The first-order chi connectivity index (χ1) is 13.1. The van der Waals surface area contributed by atoms with E-state index < -0.39 is 0 Å². The number of hydrogen-bond donors (Lipinski definition) is 1. The van der Waals surface area contributed by atoms with Crippen LogP contribution in [0.15, 0.2) is 53.1 Å². The highest BCUT2D eigenvalue weighted by Crippen LogP contribution is 2.28. The number of fused-ring (bicyclic) bond motifs is 1. The Kier molecular flexibility index (Phi) is 4.12. The number of methoxy groups -OCH3 is 1. The fraction of sp³-hybridized carbons (Fsp3) is 0.150. The van der Waals surface area contributed by atoms with Crippen LogP contribution in [0.5, 0.6) is 5.75 Å². The number of carbonyl (C=O) groups is 1. The lowest BCUT2D eigenvalue weighted by molar-refractivity contribution is 0.0996. The number of aromatic nitrogens is 3. The standard InChI is InChI=1S/C20H18N4O3/c1-12-10-17(21-19-14(12)6-4-7-15(19)26-3)24-18(11-13(2)23-24)22-20(25)16-8-5-9-27-16/h4-11H,1-3H3,(H,22,25). The van der Waals surface area contributed by atoms with Gasteiger partial charge in [-0.05, 0) is 43.7 Å². The average molecular weight is 362 g/mol. The molecule has 7 nitrogen and oxygen atoms in total. The first-order valence-electron chi connectivity index (χ1n) is 8.43. The molecule has 7 heteroatoms. The van der Waals surface area contributed by atoms with Gasteiger partial charge in [0.05, 0.1) is 19.1 Å². The minimum atomic E-state index is -0.351. The maximum atomic E-state index is 12.4. The predicted octanol–water partition coefficient (Wildman–Crippen LogP) is 3.89. The first-order valence-corrected chi connectivity index (χ1v) is 8.43. The number of rotatable bonds is 4. The van der Waals surface area contributed by atoms with Crippen LogP contribution in [0, 0.1) is 13.8 Å². The normalized spacial score (nSPS) is 10.9. The summed E-state index contributed by atoms with van der Waals surface area (Å²) in [6.07, 6.45) is 1.46. The van der Waals surface area contributed by atoms with Gasteiger partial charge >= 0.3 is 0 Å². The summed E-state index contributed by atoms with van der Waals surface area (Å²) in [5, 5.41) is 8.31. The highest BCUT2D eigenvalue weighted by atomic mass is 16.5. The average Bonchev–Trinajstić information content (AvgIpc) is 3.31. The summed E-state index contributed by atoms with van der Waals surface area (Å²) in [7, 11) is 1.62. The molecule has 0 atom stereocenters. The number of ether oxygens (including phenoxy) is 1. The van der Waals surface area contributed by atoms with Crippen molar-refractivity contribution in [3.63, 3.8) is 0 Å². The Bertz CT molecular complexity index is 1130. The number of benzene rings is 1. The molecule has 27 heavy (non-hydrogen) atoms. The topological polar surface area (TPSA) is 82.2 Å². The van der Waals surface area contributed by atoms with Gasteiger partial charge in [-0.25, -0.2) is 4.98 Å². The number of nitrogens with one attached hydrogen (secondary N) is 1. The Morgan fingerprint density at radius 3 is 2.78 bits per heavy atom. The molecule has 0 radical (unpaired) electrons. The second-order valence-electron chi connectivity index (χ2n) is 6.17. The van der Waals surface area contributed by atoms with Gasteiger partial charge in [0.25, 0.3) is 5.91 Å². The van der Waals surface area contributed by atoms with Crippen LogP contribution in [0.25, 0.3) is 16.7 Å². The molecule has 0 aliphatic rings. The van der Waals surface area contributed by atoms with Gasteiger partial charge in [0, 0.05) is 11.5 Å². The van der Waals surface area contributed by atoms with Gasteiger partial charge in [0.15, 0.2) is 11.6 Å². The maximum absolute atomic E-state index is 12.4. The number of furan rings is 1. The Labute approximate surface area is 155 Å². The molecule has 0 saturated carbocycles. The molecule has 0 saturated heterocycles. The zero-order valence-corrected chi connectivity index (χ0v) is 15.2. The largest absolute Gasteiger partial charge is 0.494 e. The molecule has 3 heterocycles. The molecule has 4 rings (SSSR count). The zero-order chi connectivity index (χ0) is 19.0. The van der Waals surface area contributed by atoms with Crippen LogP contribution in [0.1, 0.15) is 21.8 Å². The van der Waals surface area contributed by atoms with Crippen molar-refractivity contribution in [1.82, 2.24) is 14.8 Å². The summed E-state index contributed by atoms with van der Waals surface area (Å²) in [5.41, 5.74) is 2.53. The highest BCUT2D eigenvalue weighted by Gasteiger charge is 2.16. The smallest absolute Gasteiger partial charge is 0.292 e. The van der Waals surface area contributed by atoms with Crippen LogP contribution in [-0.2, 0) is 0 Å². The number of hydrogen-bond acceptors (Lipinski definition) is 5. The fourth-order valence-corrected chi connectivity index (χ4v) is 3.00. The van der Waals surface area contributed by atoms with Gasteiger partial charge in [0.1, 0.15) is 17.1 Å². The van der Waals surface area contributed by atoms with E-state index in [1.54, 1.807) is 30.0 Å². The third-order valence-electron chi connectivity index (χ3n) is 4.25. The van der Waals surface area contributed by atoms with Gasteiger partial charge < -0.3 is 14.5 Å². The lowest BCUT2D eigenvalue weighted by atomic mass is 10.1. The van der Waals surface area contributed by atoms with Crippen molar-refractivity contribution >= 4 is 22.6 Å². The quantitative estimate of drug-likeness (QED) is 0.595. The molecular formula is C20H18N4O3. The van der Waals surface area contributed by atoms with E-state index >= 15 is 0 Å². The molecule has 0 spiro atoms. The highest BCUT2D eigenvalue weighted by molar-refractivity contribution is 6.01. The number of aryl methyl sites for hydroxylation is 2. The van der Waals surface area contributed by atoms with Crippen LogP contribution in [0.2, 0.25) is 0 Å². The van der Waals surface area contributed by atoms with Crippen molar-refractivity contribution in [2.75, 3.05) is 12.4 Å². The zero-order valence-electron chi connectivity index (χ0n) is 15.2. The molecule has 4 aromatic rings. The number of anilines is 1. The van der Waals surface area contributed by atoms with E-state index in [-0.39, 0.29) is 11.7 Å².